The molecule has 1 aliphatic rings. The van der Waals surface area contributed by atoms with Crippen LogP contribution in [-0.4, -0.2) is 25.7 Å². The zero-order valence-electron chi connectivity index (χ0n) is 14.5. The van der Waals surface area contributed by atoms with Crippen LogP contribution in [0.15, 0.2) is 33.7 Å². The number of aliphatic imine (C=N–C) groups is 1. The number of nitrogens with zero attached hydrogens (tertiary/aromatic N) is 1. The highest BCUT2D eigenvalue weighted by Crippen LogP contribution is 2.31. The molecule has 1 fully saturated rings. The first-order chi connectivity index (χ1) is 11.2. The maximum absolute atomic E-state index is 6.03. The lowest BCUT2D eigenvalue weighted by molar-refractivity contribution is 0.336. The topological polar surface area (TPSA) is 58.8 Å². The van der Waals surface area contributed by atoms with Crippen LogP contribution in [0.5, 0.6) is 5.75 Å². The van der Waals surface area contributed by atoms with E-state index in [-0.39, 0.29) is 30.0 Å². The maximum Gasteiger partial charge on any atom is 0.191 e. The molecule has 24 heavy (non-hydrogen) atoms. The summed E-state index contributed by atoms with van der Waals surface area (Å²) in [4.78, 5) is 4.30. The molecular weight excluding hydrogens is 417 g/mol. The zero-order chi connectivity index (χ0) is 16.2. The van der Waals surface area contributed by atoms with E-state index in [0.717, 1.165) is 28.4 Å². The Balaban J connectivity index is 0.00000208. The van der Waals surface area contributed by atoms with Crippen LogP contribution in [0.2, 0.25) is 0 Å². The monoisotopic (exact) mass is 443 g/mol. The van der Waals surface area contributed by atoms with Crippen molar-refractivity contribution in [1.82, 2.24) is 10.6 Å². The Labute approximate surface area is 160 Å². The number of furan rings is 1. The van der Waals surface area contributed by atoms with Gasteiger partial charge in [0.1, 0.15) is 5.76 Å². The number of nitrogens with one attached hydrogen (secondary N) is 2. The van der Waals surface area contributed by atoms with Crippen molar-refractivity contribution in [3.05, 3.63) is 30.0 Å². The van der Waals surface area contributed by atoms with E-state index in [1.807, 2.05) is 25.1 Å². The molecule has 132 valence electrons. The van der Waals surface area contributed by atoms with Crippen molar-refractivity contribution >= 4 is 40.9 Å². The number of benzene rings is 1. The van der Waals surface area contributed by atoms with E-state index in [1.54, 1.807) is 7.05 Å². The van der Waals surface area contributed by atoms with Crippen molar-refractivity contribution in [3.63, 3.8) is 0 Å². The Morgan fingerprint density at radius 3 is 2.83 bits per heavy atom. The van der Waals surface area contributed by atoms with Crippen LogP contribution in [0.1, 0.15) is 44.9 Å². The summed E-state index contributed by atoms with van der Waals surface area (Å²) < 4.78 is 11.7. The van der Waals surface area contributed by atoms with Gasteiger partial charge in [-0.1, -0.05) is 12.1 Å². The summed E-state index contributed by atoms with van der Waals surface area (Å²) in [5.41, 5.74) is 0.805. The Bertz CT molecular complexity index is 695. The van der Waals surface area contributed by atoms with Gasteiger partial charge in [-0.05, 0) is 45.2 Å². The van der Waals surface area contributed by atoms with E-state index >= 15 is 0 Å². The molecule has 2 aromatic rings. The second-order valence-electron chi connectivity index (χ2n) is 5.97. The first-order valence-electron chi connectivity index (χ1n) is 8.36. The molecule has 1 aliphatic carbocycles. The lowest BCUT2D eigenvalue weighted by atomic mass is 9.93. The third-order valence-corrected chi connectivity index (χ3v) is 4.28. The van der Waals surface area contributed by atoms with Crippen molar-refractivity contribution in [2.75, 3.05) is 13.7 Å². The summed E-state index contributed by atoms with van der Waals surface area (Å²) in [5, 5.41) is 7.90. The molecule has 3 rings (SSSR count). The molecular formula is C18H26IN3O2. The van der Waals surface area contributed by atoms with Crippen LogP contribution in [0.4, 0.5) is 0 Å². The van der Waals surface area contributed by atoms with Gasteiger partial charge < -0.3 is 19.8 Å². The largest absolute Gasteiger partial charge is 0.490 e. The van der Waals surface area contributed by atoms with Gasteiger partial charge in [0.15, 0.2) is 17.3 Å². The Hall–Kier alpha value is -1.44. The minimum atomic E-state index is 0. The molecule has 0 spiro atoms. The van der Waals surface area contributed by atoms with Crippen LogP contribution in [0, 0.1) is 0 Å². The summed E-state index contributed by atoms with van der Waals surface area (Å²) in [6.45, 7) is 4.68. The second-order valence-corrected chi connectivity index (χ2v) is 5.97. The summed E-state index contributed by atoms with van der Waals surface area (Å²) in [7, 11) is 1.80. The van der Waals surface area contributed by atoms with E-state index in [4.69, 9.17) is 9.15 Å². The van der Waals surface area contributed by atoms with Gasteiger partial charge in [-0.25, -0.2) is 0 Å². The van der Waals surface area contributed by atoms with Crippen molar-refractivity contribution in [2.45, 2.75) is 45.2 Å². The number of hydrogen-bond donors (Lipinski definition) is 2. The van der Waals surface area contributed by atoms with Gasteiger partial charge in [0, 0.05) is 18.5 Å². The van der Waals surface area contributed by atoms with Crippen LogP contribution in [0.25, 0.3) is 11.0 Å². The highest BCUT2D eigenvalue weighted by Gasteiger charge is 2.20. The average Bonchev–Trinajstić information content (AvgIpc) is 2.95. The molecule has 6 heteroatoms. The van der Waals surface area contributed by atoms with Crippen LogP contribution < -0.4 is 15.4 Å². The van der Waals surface area contributed by atoms with Crippen molar-refractivity contribution < 1.29 is 9.15 Å². The molecule has 0 aliphatic heterocycles. The van der Waals surface area contributed by atoms with Crippen LogP contribution in [-0.2, 0) is 0 Å². The smallest absolute Gasteiger partial charge is 0.191 e. The highest BCUT2D eigenvalue weighted by molar-refractivity contribution is 14.0. The predicted octanol–water partition coefficient (Wildman–Crippen LogP) is 4.23. The summed E-state index contributed by atoms with van der Waals surface area (Å²) in [6.07, 6.45) is 3.74. The maximum atomic E-state index is 6.03. The minimum Gasteiger partial charge on any atom is -0.490 e. The van der Waals surface area contributed by atoms with Crippen LogP contribution in [0.3, 0.4) is 0 Å². The molecule has 1 unspecified atom stereocenters. The highest BCUT2D eigenvalue weighted by atomic mass is 127. The van der Waals surface area contributed by atoms with Crippen molar-refractivity contribution in [3.8, 4) is 5.75 Å². The molecule has 0 saturated heterocycles. The number of halogens is 1. The fourth-order valence-corrected chi connectivity index (χ4v) is 2.73. The second kappa shape index (κ2) is 8.60. The molecule has 0 bridgehead atoms. The van der Waals surface area contributed by atoms with Gasteiger partial charge in [0.05, 0.1) is 12.6 Å². The van der Waals surface area contributed by atoms with E-state index in [9.17, 15) is 0 Å². The third kappa shape index (κ3) is 4.15. The number of guanidine groups is 1. The summed E-state index contributed by atoms with van der Waals surface area (Å²) in [6, 6.07) is 8.61. The normalized spacial score (nSPS) is 16.2. The third-order valence-electron chi connectivity index (χ3n) is 4.28. The lowest BCUT2D eigenvalue weighted by Crippen LogP contribution is -2.46. The molecule has 1 atom stereocenters. The van der Waals surface area contributed by atoms with Gasteiger partial charge in [0.25, 0.3) is 0 Å². The summed E-state index contributed by atoms with van der Waals surface area (Å²) in [5.74, 6) is 2.50. The zero-order valence-corrected chi connectivity index (χ0v) is 16.8. The van der Waals surface area contributed by atoms with Crippen molar-refractivity contribution in [2.24, 2.45) is 4.99 Å². The van der Waals surface area contributed by atoms with Gasteiger partial charge in [-0.3, -0.25) is 4.99 Å². The quantitative estimate of drug-likeness (QED) is 0.413. The Morgan fingerprint density at radius 2 is 2.21 bits per heavy atom. The molecule has 2 N–H and O–H groups in total. The number of hydrogen-bond acceptors (Lipinski definition) is 3. The van der Waals surface area contributed by atoms with Gasteiger partial charge >= 0.3 is 0 Å². The Kier molecular flexibility index (Phi) is 6.77. The first kappa shape index (κ1) is 18.9. The first-order valence-corrected chi connectivity index (χ1v) is 8.36. The molecule has 1 saturated carbocycles. The minimum absolute atomic E-state index is 0. The van der Waals surface area contributed by atoms with E-state index in [1.165, 1.54) is 19.3 Å². The fourth-order valence-electron chi connectivity index (χ4n) is 2.73. The number of rotatable bonds is 5. The van der Waals surface area contributed by atoms with E-state index in [2.05, 4.69) is 28.6 Å². The number of para-hydroxylation sites is 1. The van der Waals surface area contributed by atoms with Crippen LogP contribution >= 0.6 is 24.0 Å². The Morgan fingerprint density at radius 1 is 1.42 bits per heavy atom. The molecule has 0 radical (unpaired) electrons. The van der Waals surface area contributed by atoms with Gasteiger partial charge in [-0.2, -0.15) is 0 Å². The van der Waals surface area contributed by atoms with Crippen molar-refractivity contribution in [1.29, 1.82) is 0 Å². The van der Waals surface area contributed by atoms with E-state index in [0.29, 0.717) is 12.6 Å². The van der Waals surface area contributed by atoms with E-state index < -0.39 is 0 Å². The average molecular weight is 443 g/mol. The predicted molar refractivity (Wildman–Crippen MR) is 108 cm³/mol. The fraction of sp³-hybridized carbons (Fsp3) is 0.500. The number of ether oxygens (including phenoxy) is 1. The lowest BCUT2D eigenvalue weighted by Gasteiger charge is -2.29. The summed E-state index contributed by atoms with van der Waals surface area (Å²) >= 11 is 0. The van der Waals surface area contributed by atoms with Gasteiger partial charge in [-0.15, -0.1) is 24.0 Å². The standard InChI is InChI=1S/C18H25N3O2.HI/c1-4-22-15-10-5-7-13-11-16(23-17(13)15)12(2)20-18(19-3)21-14-8-6-9-14;/h5,7,10-12,14H,4,6,8-9H2,1-3H3,(H2,19,20,21);1H. The SMILES string of the molecule is CCOc1cccc2cc(C(C)NC(=NC)NC3CCC3)oc12.I. The van der Waals surface area contributed by atoms with Gasteiger partial charge in [0.2, 0.25) is 0 Å². The molecule has 5 nitrogen and oxygen atoms in total. The molecule has 1 aromatic heterocycles. The molecule has 1 heterocycles. The molecule has 0 amide bonds. The molecule has 1 aromatic carbocycles. The number of fused-ring (bicyclic) bond motifs is 1.